The Morgan fingerprint density at radius 3 is 2.23 bits per heavy atom. The van der Waals surface area contributed by atoms with E-state index in [1.807, 2.05) is 28.7 Å². The van der Waals surface area contributed by atoms with Gasteiger partial charge in [0.15, 0.2) is 11.5 Å². The van der Waals surface area contributed by atoms with Crippen molar-refractivity contribution in [2.24, 2.45) is 0 Å². The molecule has 0 spiro atoms. The van der Waals surface area contributed by atoms with Crippen LogP contribution in [0.25, 0.3) is 42.4 Å². The quantitative estimate of drug-likeness (QED) is 0.282. The van der Waals surface area contributed by atoms with Crippen LogP contribution in [0.5, 0.6) is 11.5 Å². The van der Waals surface area contributed by atoms with Gasteiger partial charge in [-0.15, -0.1) is 22.7 Å². The van der Waals surface area contributed by atoms with E-state index in [0.717, 1.165) is 24.3 Å². The zero-order valence-corrected chi connectivity index (χ0v) is 18.8. The second-order valence-corrected chi connectivity index (χ2v) is 10.8. The maximum absolute atomic E-state index is 5.74. The van der Waals surface area contributed by atoms with Gasteiger partial charge < -0.3 is 9.47 Å². The van der Waals surface area contributed by atoms with Crippen LogP contribution in [-0.4, -0.2) is 13.2 Å². The lowest BCUT2D eigenvalue weighted by Crippen LogP contribution is -2.15. The maximum Gasteiger partial charge on any atom is 0.161 e. The average molecular weight is 441 g/mol. The molecule has 3 heterocycles. The Kier molecular flexibility index (Phi) is 3.79. The van der Waals surface area contributed by atoms with Gasteiger partial charge in [-0.2, -0.15) is 0 Å². The van der Waals surface area contributed by atoms with Gasteiger partial charge in [0, 0.05) is 30.3 Å². The number of benzene rings is 3. The number of rotatable bonds is 3. The Balaban J connectivity index is 1.21. The highest BCUT2D eigenvalue weighted by molar-refractivity contribution is 7.20. The predicted molar refractivity (Wildman–Crippen MR) is 131 cm³/mol. The van der Waals surface area contributed by atoms with Crippen LogP contribution in [-0.2, 0) is 12.8 Å². The molecule has 152 valence electrons. The zero-order chi connectivity index (χ0) is 20.5. The van der Waals surface area contributed by atoms with Crippen LogP contribution in [0.1, 0.15) is 15.3 Å². The van der Waals surface area contributed by atoms with E-state index in [9.17, 15) is 0 Å². The second-order valence-electron chi connectivity index (χ2n) is 8.36. The lowest BCUT2D eigenvalue weighted by atomic mass is 9.79. The summed E-state index contributed by atoms with van der Waals surface area (Å²) in [6, 6.07) is 20.3. The van der Waals surface area contributed by atoms with Crippen molar-refractivity contribution in [1.29, 1.82) is 0 Å². The Morgan fingerprint density at radius 2 is 1.42 bits per heavy atom. The second kappa shape index (κ2) is 6.59. The lowest BCUT2D eigenvalue weighted by molar-refractivity contribution is 0.171. The number of fused-ring (bicyclic) bond motifs is 9. The number of thiophene rings is 2. The summed E-state index contributed by atoms with van der Waals surface area (Å²) in [4.78, 5) is 2.83. The van der Waals surface area contributed by atoms with Gasteiger partial charge in [-0.25, -0.2) is 0 Å². The topological polar surface area (TPSA) is 18.5 Å². The van der Waals surface area contributed by atoms with Crippen molar-refractivity contribution in [1.82, 2.24) is 0 Å². The summed E-state index contributed by atoms with van der Waals surface area (Å²) in [5, 5.41) is 2.74. The summed E-state index contributed by atoms with van der Waals surface area (Å²) in [5.41, 5.74) is 7.07. The van der Waals surface area contributed by atoms with Crippen molar-refractivity contribution in [2.75, 3.05) is 13.2 Å². The first-order valence-corrected chi connectivity index (χ1v) is 12.4. The van der Waals surface area contributed by atoms with Crippen molar-refractivity contribution < 1.29 is 9.47 Å². The molecule has 0 radical (unpaired) electrons. The van der Waals surface area contributed by atoms with Crippen molar-refractivity contribution in [3.8, 4) is 33.8 Å². The minimum Gasteiger partial charge on any atom is -0.486 e. The third kappa shape index (κ3) is 2.68. The van der Waals surface area contributed by atoms with Gasteiger partial charge in [-0.05, 0) is 71.5 Å². The Labute approximate surface area is 188 Å². The van der Waals surface area contributed by atoms with Gasteiger partial charge in [0.05, 0.1) is 0 Å². The van der Waals surface area contributed by atoms with E-state index in [4.69, 9.17) is 9.47 Å². The monoisotopic (exact) mass is 440 g/mol. The first kappa shape index (κ1) is 17.8. The van der Waals surface area contributed by atoms with Crippen LogP contribution in [0.15, 0.2) is 54.6 Å². The molecule has 0 N–H and O–H groups in total. The molecule has 0 atom stereocenters. The minimum absolute atomic E-state index is 0.636. The number of hydrogen-bond donors (Lipinski definition) is 0. The number of ether oxygens (including phenoxy) is 2. The smallest absolute Gasteiger partial charge is 0.161 e. The Morgan fingerprint density at radius 1 is 0.710 bits per heavy atom. The van der Waals surface area contributed by atoms with E-state index in [-0.39, 0.29) is 0 Å². The summed E-state index contributed by atoms with van der Waals surface area (Å²) in [5.74, 6) is 1.75. The van der Waals surface area contributed by atoms with Crippen molar-refractivity contribution >= 4 is 42.8 Å². The Bertz CT molecular complexity index is 1510. The summed E-state index contributed by atoms with van der Waals surface area (Å²) in [7, 11) is 0. The van der Waals surface area contributed by atoms with E-state index in [2.05, 4.69) is 55.5 Å². The molecule has 4 heteroatoms. The van der Waals surface area contributed by atoms with Crippen LogP contribution in [0.2, 0.25) is 0 Å². The lowest BCUT2D eigenvalue weighted by Gasteiger charge is -2.25. The molecule has 2 aromatic heterocycles. The third-order valence-corrected chi connectivity index (χ3v) is 8.66. The van der Waals surface area contributed by atoms with Gasteiger partial charge in [-0.3, -0.25) is 0 Å². The molecule has 1 aliphatic heterocycles. The van der Waals surface area contributed by atoms with E-state index in [1.165, 1.54) is 57.7 Å². The molecule has 0 bridgehead atoms. The summed E-state index contributed by atoms with van der Waals surface area (Å²) in [6.45, 7) is 3.48. The molecule has 2 nitrogen and oxygen atoms in total. The molecule has 0 saturated carbocycles. The first-order chi connectivity index (χ1) is 15.2. The first-order valence-electron chi connectivity index (χ1n) is 10.7. The largest absolute Gasteiger partial charge is 0.486 e. The van der Waals surface area contributed by atoms with Gasteiger partial charge in [0.25, 0.3) is 0 Å². The molecule has 2 aliphatic rings. The number of hydrogen-bond acceptors (Lipinski definition) is 4. The summed E-state index contributed by atoms with van der Waals surface area (Å²) < 4.78 is 14.3. The molecular weight excluding hydrogens is 420 g/mol. The van der Waals surface area contributed by atoms with Crippen LogP contribution in [0.3, 0.4) is 0 Å². The normalized spacial score (nSPS) is 13.8. The van der Waals surface area contributed by atoms with E-state index < -0.39 is 0 Å². The highest BCUT2D eigenvalue weighted by Gasteiger charge is 2.28. The summed E-state index contributed by atoms with van der Waals surface area (Å²) >= 11 is 3.88. The van der Waals surface area contributed by atoms with Gasteiger partial charge in [0.1, 0.15) is 13.2 Å². The van der Waals surface area contributed by atoms with Crippen molar-refractivity contribution in [2.45, 2.75) is 19.8 Å². The van der Waals surface area contributed by atoms with Crippen molar-refractivity contribution in [3.05, 3.63) is 69.9 Å². The van der Waals surface area contributed by atoms with Crippen LogP contribution >= 0.6 is 22.7 Å². The highest BCUT2D eigenvalue weighted by atomic mass is 32.1. The van der Waals surface area contributed by atoms with Crippen LogP contribution < -0.4 is 9.47 Å². The predicted octanol–water partition coefficient (Wildman–Crippen LogP) is 7.63. The molecule has 5 aromatic rings. The highest BCUT2D eigenvalue weighted by Crippen LogP contribution is 2.56. The molecule has 0 unspecified atom stereocenters. The van der Waals surface area contributed by atoms with Crippen LogP contribution in [0, 0.1) is 6.92 Å². The standard InChI is InChI=1S/C27H20O2S2/c1-15-12-17-4-7-20-24(26(17)30-15)21-8-5-18-14-19(31-27(18)25(20)21)6-2-16-3-9-22-23(13-16)29-11-10-28-22/h3-5,7-9,12-14H,2,6,10-11H2,1H3. The van der Waals surface area contributed by atoms with Crippen LogP contribution in [0.4, 0.5) is 0 Å². The fraction of sp³-hybridized carbons (Fsp3) is 0.185. The fourth-order valence-corrected chi connectivity index (χ4v) is 7.20. The minimum atomic E-state index is 0.636. The molecule has 3 aromatic carbocycles. The van der Waals surface area contributed by atoms with Gasteiger partial charge >= 0.3 is 0 Å². The van der Waals surface area contributed by atoms with E-state index in [0.29, 0.717) is 13.2 Å². The molecule has 1 aliphatic carbocycles. The van der Waals surface area contributed by atoms with Gasteiger partial charge in [0.2, 0.25) is 0 Å². The molecule has 31 heavy (non-hydrogen) atoms. The van der Waals surface area contributed by atoms with Gasteiger partial charge in [-0.1, -0.05) is 30.3 Å². The summed E-state index contributed by atoms with van der Waals surface area (Å²) in [6.07, 6.45) is 2.06. The zero-order valence-electron chi connectivity index (χ0n) is 17.2. The molecule has 0 saturated heterocycles. The maximum atomic E-state index is 5.74. The van der Waals surface area contributed by atoms with E-state index >= 15 is 0 Å². The Hall–Kier alpha value is -2.82. The average Bonchev–Trinajstić information content (AvgIpc) is 3.35. The number of aryl methyl sites for hydroxylation is 3. The molecule has 7 rings (SSSR count). The third-order valence-electron chi connectivity index (χ3n) is 6.35. The van der Waals surface area contributed by atoms with Crippen molar-refractivity contribution in [3.63, 3.8) is 0 Å². The van der Waals surface area contributed by atoms with E-state index in [1.54, 1.807) is 0 Å². The molecular formula is C27H20O2S2. The fourth-order valence-electron chi connectivity index (χ4n) is 4.91. The molecule has 0 amide bonds. The SMILES string of the molecule is Cc1cc2ccc3c(c2s1)-c1ccc2cc(CCc4ccc5c(c4)OCCO5)sc2c1-3. The molecule has 0 fully saturated rings.